The van der Waals surface area contributed by atoms with Crippen LogP contribution in [0.3, 0.4) is 0 Å². The Labute approximate surface area is 200 Å². The molecule has 0 N–H and O–H groups in total. The van der Waals surface area contributed by atoms with Gasteiger partial charge in [0.05, 0.1) is 0 Å². The van der Waals surface area contributed by atoms with E-state index >= 15 is 0 Å². The van der Waals surface area contributed by atoms with Gasteiger partial charge in [-0.2, -0.15) is 0 Å². The molecule has 0 aliphatic carbocycles. The second kappa shape index (κ2) is 24.6. The maximum Gasteiger partial charge on any atom is -0.0443 e. The Kier molecular flexibility index (Phi) is 24.6. The Balaban J connectivity index is 3.29. The highest BCUT2D eigenvalue weighted by atomic mass is 14.1. The lowest BCUT2D eigenvalue weighted by molar-refractivity contribution is 0.377. The molecular formula is C31H64. The van der Waals surface area contributed by atoms with Gasteiger partial charge in [-0.1, -0.05) is 182 Å². The minimum atomic E-state index is 0.946. The van der Waals surface area contributed by atoms with Crippen molar-refractivity contribution in [1.29, 1.82) is 0 Å². The molecule has 0 aliphatic rings. The lowest BCUT2D eigenvalue weighted by Gasteiger charge is -2.15. The van der Waals surface area contributed by atoms with Gasteiger partial charge in [-0.3, -0.25) is 0 Å². The van der Waals surface area contributed by atoms with Crippen LogP contribution >= 0.6 is 0 Å². The zero-order valence-electron chi connectivity index (χ0n) is 23.0. The van der Waals surface area contributed by atoms with Gasteiger partial charge in [0.2, 0.25) is 0 Å². The molecule has 0 aromatic carbocycles. The summed E-state index contributed by atoms with van der Waals surface area (Å²) < 4.78 is 0. The van der Waals surface area contributed by atoms with Crippen molar-refractivity contribution in [2.75, 3.05) is 0 Å². The zero-order chi connectivity index (χ0) is 23.0. The highest BCUT2D eigenvalue weighted by molar-refractivity contribution is 4.60. The van der Waals surface area contributed by atoms with Crippen molar-refractivity contribution in [1.82, 2.24) is 0 Å². The molecule has 188 valence electrons. The lowest BCUT2D eigenvalue weighted by Crippen LogP contribution is -2.01. The van der Waals surface area contributed by atoms with Crippen LogP contribution in [0.4, 0.5) is 0 Å². The van der Waals surface area contributed by atoms with Crippen LogP contribution < -0.4 is 0 Å². The molecule has 0 aliphatic heterocycles. The van der Waals surface area contributed by atoms with Gasteiger partial charge in [-0.25, -0.2) is 0 Å². The van der Waals surface area contributed by atoms with E-state index in [9.17, 15) is 0 Å². The Hall–Kier alpha value is 0. The van der Waals surface area contributed by atoms with E-state index < -0.39 is 0 Å². The maximum atomic E-state index is 2.50. The van der Waals surface area contributed by atoms with E-state index in [4.69, 9.17) is 0 Å². The molecular weight excluding hydrogens is 372 g/mol. The molecule has 0 heterocycles. The summed E-state index contributed by atoms with van der Waals surface area (Å²) in [6.07, 6.45) is 33.6. The van der Waals surface area contributed by atoms with Crippen molar-refractivity contribution in [2.45, 2.75) is 182 Å². The molecule has 0 radical (unpaired) electrons. The predicted octanol–water partition coefficient (Wildman–Crippen LogP) is 11.9. The van der Waals surface area contributed by atoms with Crippen LogP contribution in [0.1, 0.15) is 182 Å². The van der Waals surface area contributed by atoms with Crippen molar-refractivity contribution in [3.8, 4) is 0 Å². The third-order valence-corrected chi connectivity index (χ3v) is 7.62. The van der Waals surface area contributed by atoms with Gasteiger partial charge in [-0.15, -0.1) is 0 Å². The van der Waals surface area contributed by atoms with Crippen LogP contribution in [0.2, 0.25) is 0 Å². The van der Waals surface area contributed by atoms with E-state index in [1.807, 2.05) is 0 Å². The summed E-state index contributed by atoms with van der Waals surface area (Å²) >= 11 is 0. The fourth-order valence-electron chi connectivity index (χ4n) is 5.24. The normalized spacial score (nSPS) is 14.6. The monoisotopic (exact) mass is 437 g/mol. The summed E-state index contributed by atoms with van der Waals surface area (Å²) in [5.41, 5.74) is 0. The van der Waals surface area contributed by atoms with Gasteiger partial charge in [0.15, 0.2) is 0 Å². The van der Waals surface area contributed by atoms with Crippen LogP contribution in [0.15, 0.2) is 0 Å². The van der Waals surface area contributed by atoms with Crippen molar-refractivity contribution >= 4 is 0 Å². The number of hydrogen-bond donors (Lipinski definition) is 0. The summed E-state index contributed by atoms with van der Waals surface area (Å²) in [4.78, 5) is 0. The highest BCUT2D eigenvalue weighted by Gasteiger charge is 2.07. The third-order valence-electron chi connectivity index (χ3n) is 7.62. The average molecular weight is 437 g/mol. The molecule has 0 rings (SSSR count). The molecule has 0 fully saturated rings. The fourth-order valence-corrected chi connectivity index (χ4v) is 5.24. The topological polar surface area (TPSA) is 0 Å². The SMILES string of the molecule is CCCCCCCCCCCCCCCCC(C)CCCC(C)CCCC(C)CCC. The second-order valence-electron chi connectivity index (χ2n) is 11.4. The van der Waals surface area contributed by atoms with Crippen molar-refractivity contribution < 1.29 is 0 Å². The third kappa shape index (κ3) is 24.5. The first-order valence-electron chi connectivity index (χ1n) is 15.1. The van der Waals surface area contributed by atoms with Gasteiger partial charge in [0.1, 0.15) is 0 Å². The van der Waals surface area contributed by atoms with Crippen molar-refractivity contribution in [3.63, 3.8) is 0 Å². The van der Waals surface area contributed by atoms with Crippen LogP contribution in [0, 0.1) is 17.8 Å². The van der Waals surface area contributed by atoms with Gasteiger partial charge in [-0.05, 0) is 17.8 Å². The number of hydrogen-bond acceptors (Lipinski definition) is 0. The van der Waals surface area contributed by atoms with E-state index in [0.29, 0.717) is 0 Å². The Morgan fingerprint density at radius 2 is 0.581 bits per heavy atom. The van der Waals surface area contributed by atoms with E-state index in [0.717, 1.165) is 17.8 Å². The number of rotatable bonds is 25. The average Bonchev–Trinajstić information content (AvgIpc) is 2.74. The minimum absolute atomic E-state index is 0.946. The van der Waals surface area contributed by atoms with Crippen molar-refractivity contribution in [2.24, 2.45) is 17.8 Å². The second-order valence-corrected chi connectivity index (χ2v) is 11.4. The predicted molar refractivity (Wildman–Crippen MR) is 145 cm³/mol. The van der Waals surface area contributed by atoms with Crippen LogP contribution in [-0.4, -0.2) is 0 Å². The first-order chi connectivity index (χ1) is 15.1. The summed E-state index contributed by atoms with van der Waals surface area (Å²) in [5, 5.41) is 0. The molecule has 3 atom stereocenters. The zero-order valence-corrected chi connectivity index (χ0v) is 23.0. The van der Waals surface area contributed by atoms with E-state index in [-0.39, 0.29) is 0 Å². The summed E-state index contributed by atoms with van der Waals surface area (Å²) in [6.45, 7) is 12.0. The molecule has 0 saturated carbocycles. The molecule has 0 spiro atoms. The smallest absolute Gasteiger partial charge is 0.0443 e. The van der Waals surface area contributed by atoms with Crippen LogP contribution in [0.25, 0.3) is 0 Å². The number of unbranched alkanes of at least 4 members (excludes halogenated alkanes) is 13. The molecule has 0 heteroatoms. The van der Waals surface area contributed by atoms with Gasteiger partial charge in [0, 0.05) is 0 Å². The van der Waals surface area contributed by atoms with E-state index in [2.05, 4.69) is 34.6 Å². The van der Waals surface area contributed by atoms with Gasteiger partial charge in [0.25, 0.3) is 0 Å². The summed E-state index contributed by atoms with van der Waals surface area (Å²) in [7, 11) is 0. The molecule has 0 nitrogen and oxygen atoms in total. The largest absolute Gasteiger partial charge is 0.0654 e. The highest BCUT2D eigenvalue weighted by Crippen LogP contribution is 2.23. The molecule has 0 bridgehead atoms. The van der Waals surface area contributed by atoms with E-state index in [1.54, 1.807) is 0 Å². The van der Waals surface area contributed by atoms with Crippen LogP contribution in [-0.2, 0) is 0 Å². The van der Waals surface area contributed by atoms with Gasteiger partial charge >= 0.3 is 0 Å². The first kappa shape index (κ1) is 31.0. The Morgan fingerprint density at radius 1 is 0.290 bits per heavy atom. The minimum Gasteiger partial charge on any atom is -0.0654 e. The maximum absolute atomic E-state index is 2.50. The Bertz CT molecular complexity index is 320. The van der Waals surface area contributed by atoms with Crippen molar-refractivity contribution in [3.05, 3.63) is 0 Å². The summed E-state index contributed by atoms with van der Waals surface area (Å²) in [5.74, 6) is 2.85. The molecule has 31 heavy (non-hydrogen) atoms. The standard InChI is InChI=1S/C31H64/c1-6-8-9-10-11-12-13-14-15-16-17-18-19-20-24-30(4)26-22-28-31(5)27-21-25-29(3)23-7-2/h29-31H,6-28H2,1-5H3. The van der Waals surface area contributed by atoms with Crippen LogP contribution in [0.5, 0.6) is 0 Å². The molecule has 0 amide bonds. The quantitative estimate of drug-likeness (QED) is 0.125. The molecule has 0 saturated heterocycles. The lowest BCUT2D eigenvalue weighted by atomic mass is 9.91. The first-order valence-corrected chi connectivity index (χ1v) is 15.1. The van der Waals surface area contributed by atoms with Gasteiger partial charge < -0.3 is 0 Å². The summed E-state index contributed by atoms with van der Waals surface area (Å²) in [6, 6.07) is 0. The molecule has 0 aromatic rings. The molecule has 0 aromatic heterocycles. The van der Waals surface area contributed by atoms with E-state index in [1.165, 1.54) is 148 Å². The molecule has 3 unspecified atom stereocenters. The Morgan fingerprint density at radius 3 is 0.935 bits per heavy atom. The fraction of sp³-hybridized carbons (Fsp3) is 1.00.